The molecule has 0 spiro atoms. The molecule has 0 heterocycles. The van der Waals surface area contributed by atoms with E-state index in [1.54, 1.807) is 12.1 Å². The van der Waals surface area contributed by atoms with E-state index in [9.17, 15) is 9.59 Å². The highest BCUT2D eigenvalue weighted by atomic mass is 16.6. The van der Waals surface area contributed by atoms with Crippen molar-refractivity contribution in [2.45, 2.75) is 59.0 Å². The van der Waals surface area contributed by atoms with E-state index < -0.39 is 11.7 Å². The van der Waals surface area contributed by atoms with Crippen LogP contribution in [0.1, 0.15) is 69.3 Å². The summed E-state index contributed by atoms with van der Waals surface area (Å²) in [6.07, 6.45) is 2.22. The zero-order valence-electron chi connectivity index (χ0n) is 13.5. The van der Waals surface area contributed by atoms with Crippen LogP contribution < -0.4 is 5.32 Å². The topological polar surface area (TPSA) is 55.4 Å². The number of carbonyl (C=O) groups is 2. The number of anilines is 1. The van der Waals surface area contributed by atoms with Gasteiger partial charge in [0.2, 0.25) is 0 Å². The fourth-order valence-corrected chi connectivity index (χ4v) is 2.25. The third-order valence-electron chi connectivity index (χ3n) is 3.27. The van der Waals surface area contributed by atoms with E-state index in [0.717, 1.165) is 24.7 Å². The Kier molecular flexibility index (Phi) is 5.94. The first-order chi connectivity index (χ1) is 9.80. The molecular weight excluding hydrogens is 266 g/mol. The van der Waals surface area contributed by atoms with Gasteiger partial charge in [0.1, 0.15) is 11.9 Å². The van der Waals surface area contributed by atoms with Crippen LogP contribution in [0.3, 0.4) is 0 Å². The molecule has 0 fully saturated rings. The molecular formula is C17H25NO3. The molecule has 116 valence electrons. The molecule has 0 saturated heterocycles. The van der Waals surface area contributed by atoms with E-state index in [4.69, 9.17) is 4.74 Å². The number of benzene rings is 1. The lowest BCUT2D eigenvalue weighted by molar-refractivity contribution is 0.0635. The van der Waals surface area contributed by atoms with Crippen molar-refractivity contribution in [2.75, 3.05) is 5.32 Å². The SMILES string of the molecule is CCC(CC)c1ccc(C=O)cc1NC(=O)OC(C)(C)C. The van der Waals surface area contributed by atoms with Gasteiger partial charge in [-0.3, -0.25) is 10.1 Å². The standard InChI is InChI=1S/C17H25NO3/c1-6-13(7-2)14-9-8-12(11-19)10-15(14)18-16(20)21-17(3,4)5/h8-11,13H,6-7H2,1-5H3,(H,18,20). The van der Waals surface area contributed by atoms with Gasteiger partial charge in [-0.1, -0.05) is 26.0 Å². The van der Waals surface area contributed by atoms with Gasteiger partial charge in [0.15, 0.2) is 0 Å². The number of ether oxygens (including phenoxy) is 1. The highest BCUT2D eigenvalue weighted by Crippen LogP contribution is 2.30. The fraction of sp³-hybridized carbons (Fsp3) is 0.529. The van der Waals surface area contributed by atoms with Crippen LogP contribution in [0.25, 0.3) is 0 Å². The Labute approximate surface area is 126 Å². The Morgan fingerprint density at radius 1 is 1.29 bits per heavy atom. The number of hydrogen-bond acceptors (Lipinski definition) is 3. The molecule has 1 amide bonds. The third-order valence-corrected chi connectivity index (χ3v) is 3.27. The Balaban J connectivity index is 3.07. The molecule has 0 atom stereocenters. The van der Waals surface area contributed by atoms with Crippen molar-refractivity contribution in [2.24, 2.45) is 0 Å². The zero-order valence-corrected chi connectivity index (χ0v) is 13.5. The lowest BCUT2D eigenvalue weighted by Gasteiger charge is -2.22. The van der Waals surface area contributed by atoms with Crippen LogP contribution in [-0.2, 0) is 4.74 Å². The molecule has 1 N–H and O–H groups in total. The smallest absolute Gasteiger partial charge is 0.412 e. The maximum Gasteiger partial charge on any atom is 0.412 e. The first kappa shape index (κ1) is 17.2. The summed E-state index contributed by atoms with van der Waals surface area (Å²) in [4.78, 5) is 22.9. The van der Waals surface area contributed by atoms with Crippen molar-refractivity contribution in [3.05, 3.63) is 29.3 Å². The van der Waals surface area contributed by atoms with Crippen LogP contribution >= 0.6 is 0 Å². The molecule has 0 bridgehead atoms. The van der Waals surface area contributed by atoms with E-state index in [1.807, 2.05) is 26.8 Å². The molecule has 1 aromatic carbocycles. The number of amides is 1. The van der Waals surface area contributed by atoms with Gasteiger partial charge in [0.25, 0.3) is 0 Å². The van der Waals surface area contributed by atoms with Gasteiger partial charge in [0.05, 0.1) is 0 Å². The largest absolute Gasteiger partial charge is 0.444 e. The van der Waals surface area contributed by atoms with Gasteiger partial charge in [-0.05, 0) is 51.2 Å². The summed E-state index contributed by atoms with van der Waals surface area (Å²) in [5.41, 5.74) is 1.68. The van der Waals surface area contributed by atoms with Crippen LogP contribution in [0.4, 0.5) is 10.5 Å². The predicted octanol–water partition coefficient (Wildman–Crippen LogP) is 4.75. The van der Waals surface area contributed by atoms with Crippen LogP contribution in [0.2, 0.25) is 0 Å². The van der Waals surface area contributed by atoms with Crippen molar-refractivity contribution in [1.29, 1.82) is 0 Å². The predicted molar refractivity (Wildman–Crippen MR) is 85.0 cm³/mol. The van der Waals surface area contributed by atoms with Crippen LogP contribution in [0.15, 0.2) is 18.2 Å². The van der Waals surface area contributed by atoms with Gasteiger partial charge in [-0.15, -0.1) is 0 Å². The number of nitrogens with one attached hydrogen (secondary N) is 1. The first-order valence-electron chi connectivity index (χ1n) is 7.39. The monoisotopic (exact) mass is 291 g/mol. The van der Waals surface area contributed by atoms with E-state index in [0.29, 0.717) is 17.2 Å². The van der Waals surface area contributed by atoms with Gasteiger partial charge in [-0.25, -0.2) is 4.79 Å². The zero-order chi connectivity index (χ0) is 16.0. The molecule has 0 aliphatic heterocycles. The first-order valence-corrected chi connectivity index (χ1v) is 7.39. The summed E-state index contributed by atoms with van der Waals surface area (Å²) in [6.45, 7) is 9.67. The second-order valence-corrected chi connectivity index (χ2v) is 6.10. The molecule has 1 aromatic rings. The van der Waals surface area contributed by atoms with Gasteiger partial charge in [-0.2, -0.15) is 0 Å². The van der Waals surface area contributed by atoms with Crippen molar-refractivity contribution in [1.82, 2.24) is 0 Å². The van der Waals surface area contributed by atoms with Gasteiger partial charge >= 0.3 is 6.09 Å². The second-order valence-electron chi connectivity index (χ2n) is 6.10. The van der Waals surface area contributed by atoms with Crippen molar-refractivity contribution in [3.8, 4) is 0 Å². The van der Waals surface area contributed by atoms with E-state index >= 15 is 0 Å². The minimum Gasteiger partial charge on any atom is -0.444 e. The molecule has 4 nitrogen and oxygen atoms in total. The van der Waals surface area contributed by atoms with Gasteiger partial charge < -0.3 is 4.74 Å². The third kappa shape index (κ3) is 5.21. The average Bonchev–Trinajstić information content (AvgIpc) is 2.39. The summed E-state index contributed by atoms with van der Waals surface area (Å²) >= 11 is 0. The second kappa shape index (κ2) is 7.25. The molecule has 1 rings (SSSR count). The summed E-state index contributed by atoms with van der Waals surface area (Å²) in [5, 5.41) is 2.77. The summed E-state index contributed by atoms with van der Waals surface area (Å²) in [7, 11) is 0. The molecule has 4 heteroatoms. The number of hydrogen-bond donors (Lipinski definition) is 1. The van der Waals surface area contributed by atoms with E-state index in [2.05, 4.69) is 19.2 Å². The molecule has 0 saturated carbocycles. The van der Waals surface area contributed by atoms with Crippen molar-refractivity contribution < 1.29 is 14.3 Å². The quantitative estimate of drug-likeness (QED) is 0.796. The Bertz CT molecular complexity index is 499. The Morgan fingerprint density at radius 2 is 1.90 bits per heavy atom. The number of carbonyl (C=O) groups excluding carboxylic acids is 2. The lowest BCUT2D eigenvalue weighted by atomic mass is 9.91. The minimum absolute atomic E-state index is 0.343. The molecule has 0 aliphatic rings. The molecule has 0 aromatic heterocycles. The number of aldehydes is 1. The van der Waals surface area contributed by atoms with Gasteiger partial charge in [0, 0.05) is 11.3 Å². The molecule has 21 heavy (non-hydrogen) atoms. The minimum atomic E-state index is -0.554. The van der Waals surface area contributed by atoms with Crippen LogP contribution in [-0.4, -0.2) is 18.0 Å². The average molecular weight is 291 g/mol. The fourth-order valence-electron chi connectivity index (χ4n) is 2.25. The van der Waals surface area contributed by atoms with Crippen molar-refractivity contribution >= 4 is 18.1 Å². The van der Waals surface area contributed by atoms with Crippen molar-refractivity contribution in [3.63, 3.8) is 0 Å². The summed E-state index contributed by atoms with van der Waals surface area (Å²) in [5.74, 6) is 0.343. The van der Waals surface area contributed by atoms with Crippen LogP contribution in [0.5, 0.6) is 0 Å². The molecule has 0 radical (unpaired) electrons. The lowest BCUT2D eigenvalue weighted by Crippen LogP contribution is -2.27. The van der Waals surface area contributed by atoms with Crippen LogP contribution in [0, 0.1) is 0 Å². The summed E-state index contributed by atoms with van der Waals surface area (Å²) < 4.78 is 5.28. The maximum atomic E-state index is 12.0. The normalized spacial score (nSPS) is 11.3. The summed E-state index contributed by atoms with van der Waals surface area (Å²) in [6, 6.07) is 5.39. The highest BCUT2D eigenvalue weighted by molar-refractivity contribution is 5.88. The highest BCUT2D eigenvalue weighted by Gasteiger charge is 2.19. The maximum absolute atomic E-state index is 12.0. The number of rotatable bonds is 5. The molecule has 0 unspecified atom stereocenters. The van der Waals surface area contributed by atoms with E-state index in [1.165, 1.54) is 0 Å². The Morgan fingerprint density at radius 3 is 2.38 bits per heavy atom. The van der Waals surface area contributed by atoms with E-state index in [-0.39, 0.29) is 0 Å². The molecule has 0 aliphatic carbocycles. The Hall–Kier alpha value is -1.84.